The minimum atomic E-state index is 0.0390. The molecule has 6 rings (SSSR count). The standard InChI is InChI=1S/C35H35NS2/c1-20(2)14-28-22(4)38-33-18-24(12-13-27(28)33)29-19-31(36-32-15-21(3)37-34(29)32)25-16-23-10-8-9-11-26(23)30(17-25)35(5,6)7/h8-13,15-20H,14H2,1-7H3. The molecule has 0 spiro atoms. The number of aryl methyl sites for hydroxylation is 2. The van der Waals surface area contributed by atoms with Crippen LogP contribution in [0.4, 0.5) is 0 Å². The van der Waals surface area contributed by atoms with E-state index in [1.165, 1.54) is 63.1 Å². The Balaban J connectivity index is 1.57. The Hall–Kier alpha value is -3.01. The topological polar surface area (TPSA) is 12.9 Å². The van der Waals surface area contributed by atoms with Gasteiger partial charge in [0.1, 0.15) is 0 Å². The van der Waals surface area contributed by atoms with E-state index in [1.807, 2.05) is 22.7 Å². The van der Waals surface area contributed by atoms with Crippen LogP contribution in [0.25, 0.3) is 53.5 Å². The first kappa shape index (κ1) is 25.3. The lowest BCUT2D eigenvalue weighted by Gasteiger charge is -2.23. The van der Waals surface area contributed by atoms with Crippen molar-refractivity contribution in [2.75, 3.05) is 0 Å². The van der Waals surface area contributed by atoms with E-state index in [4.69, 9.17) is 4.98 Å². The molecular formula is C35H35NS2. The van der Waals surface area contributed by atoms with E-state index in [0.717, 1.165) is 17.6 Å². The molecule has 0 bridgehead atoms. The van der Waals surface area contributed by atoms with Gasteiger partial charge in [0, 0.05) is 25.6 Å². The third-order valence-electron chi connectivity index (χ3n) is 7.49. The summed E-state index contributed by atoms with van der Waals surface area (Å²) >= 11 is 3.79. The molecule has 0 aliphatic heterocycles. The average molecular weight is 534 g/mol. The Kier molecular flexibility index (Phi) is 6.20. The van der Waals surface area contributed by atoms with Crippen molar-refractivity contribution in [1.82, 2.24) is 4.98 Å². The Morgan fingerprint density at radius 2 is 1.61 bits per heavy atom. The predicted octanol–water partition coefficient (Wildman–Crippen LogP) is 11.1. The number of hydrogen-bond acceptors (Lipinski definition) is 3. The first-order chi connectivity index (χ1) is 18.1. The molecule has 3 heteroatoms. The Morgan fingerprint density at radius 3 is 2.37 bits per heavy atom. The number of benzene rings is 3. The first-order valence-electron chi connectivity index (χ1n) is 13.6. The number of rotatable bonds is 4. The van der Waals surface area contributed by atoms with Crippen molar-refractivity contribution in [3.05, 3.63) is 87.6 Å². The van der Waals surface area contributed by atoms with E-state index in [2.05, 4.69) is 115 Å². The molecule has 0 atom stereocenters. The van der Waals surface area contributed by atoms with E-state index in [-0.39, 0.29) is 5.41 Å². The van der Waals surface area contributed by atoms with Gasteiger partial charge in [-0.15, -0.1) is 22.7 Å². The molecule has 38 heavy (non-hydrogen) atoms. The fraction of sp³-hybridized carbons (Fsp3) is 0.286. The molecule has 3 aromatic heterocycles. The smallest absolute Gasteiger partial charge is 0.0826 e. The van der Waals surface area contributed by atoms with Crippen LogP contribution in [0.1, 0.15) is 55.5 Å². The molecule has 0 aliphatic rings. The summed E-state index contributed by atoms with van der Waals surface area (Å²) in [7, 11) is 0. The highest BCUT2D eigenvalue weighted by Crippen LogP contribution is 2.41. The molecular weight excluding hydrogens is 499 g/mol. The summed E-state index contributed by atoms with van der Waals surface area (Å²) in [5.41, 5.74) is 8.81. The van der Waals surface area contributed by atoms with E-state index >= 15 is 0 Å². The lowest BCUT2D eigenvalue weighted by Crippen LogP contribution is -2.12. The maximum atomic E-state index is 5.21. The van der Waals surface area contributed by atoms with Crippen molar-refractivity contribution < 1.29 is 0 Å². The van der Waals surface area contributed by atoms with Crippen molar-refractivity contribution in [2.24, 2.45) is 5.92 Å². The van der Waals surface area contributed by atoms with Crippen molar-refractivity contribution in [1.29, 1.82) is 0 Å². The molecule has 0 unspecified atom stereocenters. The van der Waals surface area contributed by atoms with Crippen LogP contribution in [0.2, 0.25) is 0 Å². The SMILES string of the molecule is Cc1cc2nc(-c3cc(C(C)(C)C)c4ccccc4c3)cc(-c3ccc4c(CC(C)C)c(C)sc4c3)c2s1. The van der Waals surface area contributed by atoms with Crippen molar-refractivity contribution in [3.63, 3.8) is 0 Å². The quantitative estimate of drug-likeness (QED) is 0.220. The predicted molar refractivity (Wildman–Crippen MR) is 170 cm³/mol. The van der Waals surface area contributed by atoms with Gasteiger partial charge in [0.2, 0.25) is 0 Å². The molecule has 6 aromatic rings. The molecule has 0 amide bonds. The van der Waals surface area contributed by atoms with Gasteiger partial charge in [0.25, 0.3) is 0 Å². The molecule has 192 valence electrons. The molecule has 0 radical (unpaired) electrons. The zero-order valence-electron chi connectivity index (χ0n) is 23.4. The van der Waals surface area contributed by atoms with Gasteiger partial charge in [-0.25, -0.2) is 4.98 Å². The van der Waals surface area contributed by atoms with Gasteiger partial charge in [-0.05, 0) is 94.8 Å². The highest BCUT2D eigenvalue weighted by atomic mass is 32.1. The summed E-state index contributed by atoms with van der Waals surface area (Å²) in [4.78, 5) is 7.96. The first-order valence-corrected chi connectivity index (χ1v) is 15.2. The zero-order valence-corrected chi connectivity index (χ0v) is 25.0. The number of aromatic nitrogens is 1. The number of thiophene rings is 2. The van der Waals surface area contributed by atoms with Gasteiger partial charge >= 0.3 is 0 Å². The Bertz CT molecular complexity index is 1820. The Labute approximate surface area is 234 Å². The zero-order chi connectivity index (χ0) is 26.8. The van der Waals surface area contributed by atoms with Crippen molar-refractivity contribution in [2.45, 2.75) is 60.3 Å². The summed E-state index contributed by atoms with van der Waals surface area (Å²) in [5.74, 6) is 0.655. The third-order valence-corrected chi connectivity index (χ3v) is 9.67. The van der Waals surface area contributed by atoms with Gasteiger partial charge in [-0.1, -0.05) is 71.0 Å². The molecule has 0 N–H and O–H groups in total. The number of pyridine rings is 1. The fourth-order valence-electron chi connectivity index (χ4n) is 5.68. The van der Waals surface area contributed by atoms with E-state index in [1.54, 1.807) is 0 Å². The second kappa shape index (κ2) is 9.32. The van der Waals surface area contributed by atoms with Crippen molar-refractivity contribution >= 4 is 53.7 Å². The van der Waals surface area contributed by atoms with Crippen LogP contribution in [-0.2, 0) is 11.8 Å². The highest BCUT2D eigenvalue weighted by Gasteiger charge is 2.20. The average Bonchev–Trinajstić information content (AvgIpc) is 3.39. The molecule has 0 aliphatic carbocycles. The normalized spacial score (nSPS) is 12.4. The number of fused-ring (bicyclic) bond motifs is 3. The molecule has 3 aromatic carbocycles. The minimum absolute atomic E-state index is 0.0390. The van der Waals surface area contributed by atoms with Crippen LogP contribution in [-0.4, -0.2) is 4.98 Å². The summed E-state index contributed by atoms with van der Waals surface area (Å²) in [5, 5.41) is 4.02. The lowest BCUT2D eigenvalue weighted by atomic mass is 9.82. The van der Waals surface area contributed by atoms with E-state index in [9.17, 15) is 0 Å². The third kappa shape index (κ3) is 4.46. The molecule has 1 nitrogen and oxygen atoms in total. The van der Waals surface area contributed by atoms with Gasteiger partial charge < -0.3 is 0 Å². The molecule has 0 fully saturated rings. The molecule has 0 saturated carbocycles. The van der Waals surface area contributed by atoms with Crippen LogP contribution in [0, 0.1) is 19.8 Å². The van der Waals surface area contributed by atoms with Gasteiger partial charge in [-0.3, -0.25) is 0 Å². The number of hydrogen-bond donors (Lipinski definition) is 0. The summed E-state index contributed by atoms with van der Waals surface area (Å²) in [6, 6.07) is 25.1. The largest absolute Gasteiger partial charge is 0.247 e. The van der Waals surface area contributed by atoms with Crippen molar-refractivity contribution in [3.8, 4) is 22.4 Å². The number of nitrogens with zero attached hydrogens (tertiary/aromatic N) is 1. The van der Waals surface area contributed by atoms with E-state index in [0.29, 0.717) is 5.92 Å². The highest BCUT2D eigenvalue weighted by molar-refractivity contribution is 7.20. The minimum Gasteiger partial charge on any atom is -0.247 e. The van der Waals surface area contributed by atoms with Crippen LogP contribution in [0.3, 0.4) is 0 Å². The summed E-state index contributed by atoms with van der Waals surface area (Å²) < 4.78 is 2.66. The molecule has 0 saturated heterocycles. The fourth-order valence-corrected chi connectivity index (χ4v) is 7.81. The van der Waals surface area contributed by atoms with Crippen LogP contribution < -0.4 is 0 Å². The van der Waals surface area contributed by atoms with Gasteiger partial charge in [-0.2, -0.15) is 0 Å². The van der Waals surface area contributed by atoms with Crippen LogP contribution in [0.5, 0.6) is 0 Å². The monoisotopic (exact) mass is 533 g/mol. The molecule has 3 heterocycles. The second-order valence-electron chi connectivity index (χ2n) is 12.1. The van der Waals surface area contributed by atoms with Gasteiger partial charge in [0.05, 0.1) is 15.9 Å². The van der Waals surface area contributed by atoms with Crippen LogP contribution >= 0.6 is 22.7 Å². The van der Waals surface area contributed by atoms with Gasteiger partial charge in [0.15, 0.2) is 0 Å². The van der Waals surface area contributed by atoms with E-state index < -0.39 is 0 Å². The summed E-state index contributed by atoms with van der Waals surface area (Å²) in [6.07, 6.45) is 1.14. The Morgan fingerprint density at radius 1 is 0.816 bits per heavy atom. The summed E-state index contributed by atoms with van der Waals surface area (Å²) in [6.45, 7) is 16.0. The maximum absolute atomic E-state index is 5.21. The lowest BCUT2D eigenvalue weighted by molar-refractivity contribution is 0.596. The second-order valence-corrected chi connectivity index (χ2v) is 14.6. The maximum Gasteiger partial charge on any atom is 0.0826 e. The van der Waals surface area contributed by atoms with Crippen LogP contribution in [0.15, 0.2) is 66.7 Å².